The molecular weight excluding hydrogens is 357 g/mol. The number of carbonyl (C=O) groups excluding carboxylic acids is 1. The molecule has 3 rings (SSSR count). The number of carbonyl (C=O) groups is 1. The summed E-state index contributed by atoms with van der Waals surface area (Å²) in [5, 5.41) is 1.32. The van der Waals surface area contributed by atoms with Gasteiger partial charge in [0.05, 0.1) is 6.04 Å². The molecule has 0 aliphatic carbocycles. The maximum atomic E-state index is 12.7. The van der Waals surface area contributed by atoms with Crippen LogP contribution in [0.3, 0.4) is 0 Å². The summed E-state index contributed by atoms with van der Waals surface area (Å²) in [5.41, 5.74) is 1.94. The van der Waals surface area contributed by atoms with Crippen molar-refractivity contribution in [1.82, 2.24) is 4.90 Å². The van der Waals surface area contributed by atoms with Crippen molar-refractivity contribution in [3.63, 3.8) is 0 Å². The van der Waals surface area contributed by atoms with E-state index in [1.165, 1.54) is 0 Å². The van der Waals surface area contributed by atoms with E-state index in [4.69, 9.17) is 27.9 Å². The van der Waals surface area contributed by atoms with Crippen molar-refractivity contribution in [2.45, 2.75) is 24.7 Å². The Bertz CT molecular complexity index is 758. The van der Waals surface area contributed by atoms with Crippen LogP contribution in [0, 0.1) is 0 Å². The lowest BCUT2D eigenvalue weighted by Crippen LogP contribution is -2.48. The zero-order valence-corrected chi connectivity index (χ0v) is 15.4. The molecule has 5 heteroatoms. The van der Waals surface area contributed by atoms with Gasteiger partial charge >= 0.3 is 0 Å². The molecule has 0 aromatic heterocycles. The molecule has 1 saturated heterocycles. The fourth-order valence-electron chi connectivity index (χ4n) is 3.16. The Labute approximate surface area is 157 Å². The van der Waals surface area contributed by atoms with E-state index in [9.17, 15) is 4.79 Å². The van der Waals surface area contributed by atoms with Crippen molar-refractivity contribution in [3.05, 3.63) is 82.4 Å². The largest absolute Gasteiger partial charge is 0.358 e. The van der Waals surface area contributed by atoms with Gasteiger partial charge in [-0.15, -0.1) is 6.58 Å². The van der Waals surface area contributed by atoms with Gasteiger partial charge in [0.15, 0.2) is 0 Å². The SMILES string of the molecule is C=CC[C@H]1O[C@H](c2ccc(Cl)cc2)C(c2ccc(Cl)cc2)N(C)C1=O. The fraction of sp³-hybridized carbons (Fsp3) is 0.250. The number of hydrogen-bond acceptors (Lipinski definition) is 2. The average molecular weight is 376 g/mol. The van der Waals surface area contributed by atoms with Gasteiger partial charge in [0.2, 0.25) is 0 Å². The molecule has 3 atom stereocenters. The average Bonchev–Trinajstić information content (AvgIpc) is 2.61. The Morgan fingerprint density at radius 3 is 2.08 bits per heavy atom. The first-order valence-electron chi connectivity index (χ1n) is 8.05. The number of hydrogen-bond donors (Lipinski definition) is 0. The number of nitrogens with zero attached hydrogens (tertiary/aromatic N) is 1. The second-order valence-corrected chi connectivity index (χ2v) is 6.94. The van der Waals surface area contributed by atoms with Gasteiger partial charge in [-0.2, -0.15) is 0 Å². The van der Waals surface area contributed by atoms with Gasteiger partial charge in [-0.05, 0) is 35.4 Å². The summed E-state index contributed by atoms with van der Waals surface area (Å²) in [6.45, 7) is 3.73. The predicted octanol–water partition coefficient (Wildman–Crippen LogP) is 5.21. The highest BCUT2D eigenvalue weighted by Gasteiger charge is 2.41. The van der Waals surface area contributed by atoms with Crippen LogP contribution in [0.4, 0.5) is 0 Å². The van der Waals surface area contributed by atoms with Crippen LogP contribution < -0.4 is 0 Å². The summed E-state index contributed by atoms with van der Waals surface area (Å²) in [6.07, 6.45) is 1.34. The summed E-state index contributed by atoms with van der Waals surface area (Å²) in [7, 11) is 1.81. The molecule has 2 aromatic carbocycles. The molecular formula is C20H19Cl2NO2. The predicted molar refractivity (Wildman–Crippen MR) is 101 cm³/mol. The molecule has 0 N–H and O–H groups in total. The maximum Gasteiger partial charge on any atom is 0.252 e. The minimum atomic E-state index is -0.535. The number of benzene rings is 2. The van der Waals surface area contributed by atoms with Crippen LogP contribution in [0.5, 0.6) is 0 Å². The van der Waals surface area contributed by atoms with Crippen molar-refractivity contribution in [3.8, 4) is 0 Å². The van der Waals surface area contributed by atoms with E-state index in [2.05, 4.69) is 6.58 Å². The lowest BCUT2D eigenvalue weighted by molar-refractivity contribution is -0.170. The number of likely N-dealkylation sites (N-methyl/N-ethyl adjacent to an activating group) is 1. The molecule has 3 nitrogen and oxygen atoms in total. The molecule has 1 amide bonds. The van der Waals surface area contributed by atoms with E-state index < -0.39 is 6.10 Å². The molecule has 2 aromatic rings. The third-order valence-electron chi connectivity index (χ3n) is 4.43. The number of halogens is 2. The van der Waals surface area contributed by atoms with E-state index in [-0.39, 0.29) is 18.1 Å². The second kappa shape index (κ2) is 7.61. The Balaban J connectivity index is 2.03. The van der Waals surface area contributed by atoms with E-state index in [0.717, 1.165) is 11.1 Å². The van der Waals surface area contributed by atoms with Gasteiger partial charge in [-0.3, -0.25) is 4.79 Å². The topological polar surface area (TPSA) is 29.5 Å². The third kappa shape index (κ3) is 3.74. The van der Waals surface area contributed by atoms with Crippen LogP contribution in [0.2, 0.25) is 10.0 Å². The van der Waals surface area contributed by atoms with Crippen LogP contribution in [0.25, 0.3) is 0 Å². The highest BCUT2D eigenvalue weighted by atomic mass is 35.5. The van der Waals surface area contributed by atoms with Crippen molar-refractivity contribution < 1.29 is 9.53 Å². The monoisotopic (exact) mass is 375 g/mol. The van der Waals surface area contributed by atoms with Crippen molar-refractivity contribution in [1.29, 1.82) is 0 Å². The summed E-state index contributed by atoms with van der Waals surface area (Å²) >= 11 is 12.0. The summed E-state index contributed by atoms with van der Waals surface area (Å²) in [5.74, 6) is -0.0509. The number of rotatable bonds is 4. The maximum absolute atomic E-state index is 12.7. The summed E-state index contributed by atoms with van der Waals surface area (Å²) in [4.78, 5) is 14.5. The van der Waals surface area contributed by atoms with Crippen molar-refractivity contribution in [2.75, 3.05) is 7.05 Å². The highest BCUT2D eigenvalue weighted by molar-refractivity contribution is 6.30. The van der Waals surface area contributed by atoms with Gasteiger partial charge in [0.25, 0.3) is 5.91 Å². The number of amides is 1. The van der Waals surface area contributed by atoms with Crippen LogP contribution in [-0.4, -0.2) is 24.0 Å². The molecule has 0 bridgehead atoms. The van der Waals surface area contributed by atoms with Crippen LogP contribution >= 0.6 is 23.2 Å². The Hall–Kier alpha value is -1.81. The van der Waals surface area contributed by atoms with Crippen LogP contribution in [0.15, 0.2) is 61.2 Å². The van der Waals surface area contributed by atoms with Gasteiger partial charge in [0.1, 0.15) is 12.2 Å². The first-order chi connectivity index (χ1) is 12.0. The third-order valence-corrected chi connectivity index (χ3v) is 4.93. The van der Waals surface area contributed by atoms with Crippen molar-refractivity contribution in [2.24, 2.45) is 0 Å². The lowest BCUT2D eigenvalue weighted by Gasteiger charge is -2.43. The van der Waals surface area contributed by atoms with Gasteiger partial charge in [-0.25, -0.2) is 0 Å². The van der Waals surface area contributed by atoms with E-state index >= 15 is 0 Å². The Kier molecular flexibility index (Phi) is 5.48. The van der Waals surface area contributed by atoms with Gasteiger partial charge in [0, 0.05) is 23.5 Å². The molecule has 1 heterocycles. The molecule has 1 fully saturated rings. The number of ether oxygens (including phenoxy) is 1. The Morgan fingerprint density at radius 1 is 1.04 bits per heavy atom. The molecule has 130 valence electrons. The molecule has 0 radical (unpaired) electrons. The van der Waals surface area contributed by atoms with Gasteiger partial charge < -0.3 is 9.64 Å². The highest BCUT2D eigenvalue weighted by Crippen LogP contribution is 2.42. The quantitative estimate of drug-likeness (QED) is 0.686. The van der Waals surface area contributed by atoms with Crippen LogP contribution in [-0.2, 0) is 9.53 Å². The summed E-state index contributed by atoms with van der Waals surface area (Å²) < 4.78 is 6.19. The van der Waals surface area contributed by atoms with Gasteiger partial charge in [-0.1, -0.05) is 53.5 Å². The molecule has 1 aliphatic heterocycles. The number of morpholine rings is 1. The molecule has 0 saturated carbocycles. The first-order valence-corrected chi connectivity index (χ1v) is 8.81. The van der Waals surface area contributed by atoms with Crippen LogP contribution in [0.1, 0.15) is 29.7 Å². The first kappa shape index (κ1) is 18.0. The minimum Gasteiger partial charge on any atom is -0.358 e. The van der Waals surface area contributed by atoms with E-state index in [0.29, 0.717) is 16.5 Å². The molecule has 1 aliphatic rings. The van der Waals surface area contributed by atoms with E-state index in [1.54, 1.807) is 11.0 Å². The fourth-order valence-corrected chi connectivity index (χ4v) is 3.41. The zero-order chi connectivity index (χ0) is 18.0. The summed E-state index contributed by atoms with van der Waals surface area (Å²) in [6, 6.07) is 14.8. The minimum absolute atomic E-state index is 0.0509. The zero-order valence-electron chi connectivity index (χ0n) is 13.9. The lowest BCUT2D eigenvalue weighted by atomic mass is 9.91. The second-order valence-electron chi connectivity index (χ2n) is 6.07. The van der Waals surface area contributed by atoms with Crippen molar-refractivity contribution >= 4 is 29.1 Å². The molecule has 0 spiro atoms. The standard InChI is InChI=1S/C20H19Cl2NO2/c1-3-4-17-20(24)23(2)18(13-5-9-15(21)10-6-13)19(25-17)14-7-11-16(22)12-8-14/h3,5-12,17-19H,1,4H2,2H3/t17-,18?,19-/m1/s1. The normalized spacial score (nSPS) is 23.6. The smallest absolute Gasteiger partial charge is 0.252 e. The molecule has 25 heavy (non-hydrogen) atoms. The van der Waals surface area contributed by atoms with E-state index in [1.807, 2.05) is 55.6 Å². The Morgan fingerprint density at radius 2 is 1.56 bits per heavy atom. The molecule has 1 unspecified atom stereocenters.